The molecule has 0 fully saturated rings. The van der Waals surface area contributed by atoms with E-state index in [2.05, 4.69) is 0 Å². The predicted molar refractivity (Wildman–Crippen MR) is 54.2 cm³/mol. The number of rotatable bonds is 3. The van der Waals surface area contributed by atoms with Crippen molar-refractivity contribution in [3.05, 3.63) is 28.8 Å². The molecule has 0 saturated heterocycles. The molecule has 1 rings (SSSR count). The number of aliphatic carboxylic acids is 1. The van der Waals surface area contributed by atoms with E-state index in [0.717, 1.165) is 0 Å². The summed E-state index contributed by atoms with van der Waals surface area (Å²) in [6, 6.07) is 2.84. The van der Waals surface area contributed by atoms with Gasteiger partial charge in [0.1, 0.15) is 5.75 Å². The molecule has 0 aliphatic rings. The van der Waals surface area contributed by atoms with Crippen molar-refractivity contribution in [1.82, 2.24) is 0 Å². The minimum Gasteiger partial charge on any atom is -0.508 e. The Kier molecular flexibility index (Phi) is 3.09. The SMILES string of the molecule is CCc1cc(C(=O)C(=O)O)c(C)cc1O. The normalized spacial score (nSPS) is 10.0. The van der Waals surface area contributed by atoms with Crippen molar-refractivity contribution < 1.29 is 19.8 Å². The Morgan fingerprint density at radius 3 is 2.40 bits per heavy atom. The maximum Gasteiger partial charge on any atom is 0.377 e. The van der Waals surface area contributed by atoms with E-state index in [1.165, 1.54) is 12.1 Å². The van der Waals surface area contributed by atoms with Gasteiger partial charge in [-0.25, -0.2) is 4.79 Å². The Hall–Kier alpha value is -1.84. The van der Waals surface area contributed by atoms with Crippen molar-refractivity contribution in [3.8, 4) is 5.75 Å². The van der Waals surface area contributed by atoms with Crippen molar-refractivity contribution in [2.75, 3.05) is 0 Å². The summed E-state index contributed by atoms with van der Waals surface area (Å²) in [4.78, 5) is 21.8. The molecule has 80 valence electrons. The van der Waals surface area contributed by atoms with Crippen LogP contribution in [0.2, 0.25) is 0 Å². The molecule has 0 atom stereocenters. The number of aryl methyl sites for hydroxylation is 2. The Morgan fingerprint density at radius 2 is 1.93 bits per heavy atom. The molecular weight excluding hydrogens is 196 g/mol. The maximum absolute atomic E-state index is 11.3. The summed E-state index contributed by atoms with van der Waals surface area (Å²) in [6.07, 6.45) is 0.548. The molecule has 4 heteroatoms. The second-order valence-electron chi connectivity index (χ2n) is 3.28. The van der Waals surface area contributed by atoms with E-state index in [4.69, 9.17) is 5.11 Å². The van der Waals surface area contributed by atoms with Gasteiger partial charge in [-0.1, -0.05) is 6.92 Å². The van der Waals surface area contributed by atoms with E-state index in [0.29, 0.717) is 17.5 Å². The van der Waals surface area contributed by atoms with E-state index in [1.807, 2.05) is 6.92 Å². The maximum atomic E-state index is 11.3. The third-order valence-corrected chi connectivity index (χ3v) is 2.25. The number of carbonyl (C=O) groups is 2. The number of benzene rings is 1. The molecule has 0 saturated carbocycles. The molecule has 0 amide bonds. The minimum absolute atomic E-state index is 0.0944. The molecule has 1 aromatic carbocycles. The number of carboxylic acid groups (broad SMARTS) is 1. The summed E-state index contributed by atoms with van der Waals surface area (Å²) in [5.41, 5.74) is 1.18. The first-order valence-electron chi connectivity index (χ1n) is 4.57. The van der Waals surface area contributed by atoms with E-state index < -0.39 is 11.8 Å². The van der Waals surface area contributed by atoms with Gasteiger partial charge in [0.2, 0.25) is 0 Å². The molecule has 15 heavy (non-hydrogen) atoms. The molecule has 2 N–H and O–H groups in total. The van der Waals surface area contributed by atoms with Gasteiger partial charge in [0, 0.05) is 5.56 Å². The molecule has 1 aromatic rings. The van der Waals surface area contributed by atoms with Crippen LogP contribution in [0.5, 0.6) is 5.75 Å². The number of Topliss-reactive ketones (excluding diaryl/α,β-unsaturated/α-hetero) is 1. The third-order valence-electron chi connectivity index (χ3n) is 2.25. The van der Waals surface area contributed by atoms with Gasteiger partial charge in [-0.05, 0) is 36.6 Å². The number of phenolic OH excluding ortho intramolecular Hbond substituents is 1. The monoisotopic (exact) mass is 208 g/mol. The lowest BCUT2D eigenvalue weighted by Crippen LogP contribution is -2.14. The smallest absolute Gasteiger partial charge is 0.377 e. The number of carbonyl (C=O) groups excluding carboxylic acids is 1. The van der Waals surface area contributed by atoms with Crippen molar-refractivity contribution in [2.24, 2.45) is 0 Å². The van der Waals surface area contributed by atoms with Crippen molar-refractivity contribution in [3.63, 3.8) is 0 Å². The molecule has 0 aromatic heterocycles. The number of carboxylic acids is 1. The highest BCUT2D eigenvalue weighted by Crippen LogP contribution is 2.23. The molecule has 0 bridgehead atoms. The fourth-order valence-electron chi connectivity index (χ4n) is 1.38. The van der Waals surface area contributed by atoms with E-state index >= 15 is 0 Å². The van der Waals surface area contributed by atoms with E-state index in [1.54, 1.807) is 6.92 Å². The summed E-state index contributed by atoms with van der Waals surface area (Å²) in [6.45, 7) is 3.41. The van der Waals surface area contributed by atoms with E-state index in [9.17, 15) is 14.7 Å². The number of phenols is 1. The Labute approximate surface area is 87.2 Å². The zero-order valence-electron chi connectivity index (χ0n) is 8.57. The van der Waals surface area contributed by atoms with Crippen LogP contribution in [0.4, 0.5) is 0 Å². The fourth-order valence-corrected chi connectivity index (χ4v) is 1.38. The van der Waals surface area contributed by atoms with Crippen LogP contribution < -0.4 is 0 Å². The summed E-state index contributed by atoms with van der Waals surface area (Å²) >= 11 is 0. The minimum atomic E-state index is -1.48. The van der Waals surface area contributed by atoms with Crippen molar-refractivity contribution in [1.29, 1.82) is 0 Å². The van der Waals surface area contributed by atoms with Gasteiger partial charge >= 0.3 is 5.97 Å². The van der Waals surface area contributed by atoms with Crippen LogP contribution >= 0.6 is 0 Å². The number of hydrogen-bond acceptors (Lipinski definition) is 3. The van der Waals surface area contributed by atoms with Crippen LogP contribution in [0.1, 0.15) is 28.4 Å². The highest BCUT2D eigenvalue weighted by Gasteiger charge is 2.18. The van der Waals surface area contributed by atoms with Crippen LogP contribution in [-0.2, 0) is 11.2 Å². The molecular formula is C11H12O4. The fraction of sp³-hybridized carbons (Fsp3) is 0.273. The van der Waals surface area contributed by atoms with Gasteiger partial charge in [-0.15, -0.1) is 0 Å². The van der Waals surface area contributed by atoms with Gasteiger partial charge in [0.05, 0.1) is 0 Å². The number of hydrogen-bond donors (Lipinski definition) is 2. The quantitative estimate of drug-likeness (QED) is 0.583. The Morgan fingerprint density at radius 1 is 1.33 bits per heavy atom. The number of ketones is 1. The third kappa shape index (κ3) is 2.15. The lowest BCUT2D eigenvalue weighted by Gasteiger charge is -2.07. The standard InChI is InChI=1S/C11H12O4/c1-3-7-5-8(10(13)11(14)15)6(2)4-9(7)12/h4-5,12H,3H2,1-2H3,(H,14,15). The zero-order valence-corrected chi connectivity index (χ0v) is 8.57. The second-order valence-corrected chi connectivity index (χ2v) is 3.28. The van der Waals surface area contributed by atoms with Crippen LogP contribution in [0.15, 0.2) is 12.1 Å². The summed E-state index contributed by atoms with van der Waals surface area (Å²) in [7, 11) is 0. The largest absolute Gasteiger partial charge is 0.508 e. The predicted octanol–water partition coefficient (Wildman–Crippen LogP) is 1.53. The molecule has 0 unspecified atom stereocenters. The lowest BCUT2D eigenvalue weighted by molar-refractivity contribution is -0.131. The highest BCUT2D eigenvalue weighted by molar-refractivity contribution is 6.40. The first-order valence-corrected chi connectivity index (χ1v) is 4.57. The molecule has 0 heterocycles. The van der Waals surface area contributed by atoms with Crippen molar-refractivity contribution in [2.45, 2.75) is 20.3 Å². The topological polar surface area (TPSA) is 74.6 Å². The van der Waals surface area contributed by atoms with Gasteiger partial charge in [0.15, 0.2) is 0 Å². The highest BCUT2D eigenvalue weighted by atomic mass is 16.4. The molecule has 0 radical (unpaired) electrons. The molecule has 0 spiro atoms. The van der Waals surface area contributed by atoms with Gasteiger partial charge in [0.25, 0.3) is 5.78 Å². The average molecular weight is 208 g/mol. The van der Waals surface area contributed by atoms with Crippen molar-refractivity contribution >= 4 is 11.8 Å². The van der Waals surface area contributed by atoms with Gasteiger partial charge in [-0.3, -0.25) is 4.79 Å². The van der Waals surface area contributed by atoms with Crippen LogP contribution in [0.3, 0.4) is 0 Å². The van der Waals surface area contributed by atoms with Crippen LogP contribution in [0.25, 0.3) is 0 Å². The van der Waals surface area contributed by atoms with Crippen LogP contribution in [-0.4, -0.2) is 22.0 Å². The Bertz CT molecular complexity index is 421. The second kappa shape index (κ2) is 4.13. The number of aromatic hydroxyl groups is 1. The summed E-state index contributed by atoms with van der Waals surface area (Å²) < 4.78 is 0. The van der Waals surface area contributed by atoms with E-state index in [-0.39, 0.29) is 11.3 Å². The molecule has 4 nitrogen and oxygen atoms in total. The lowest BCUT2D eigenvalue weighted by atomic mass is 9.99. The van der Waals surface area contributed by atoms with Gasteiger partial charge < -0.3 is 10.2 Å². The average Bonchev–Trinajstić information content (AvgIpc) is 2.17. The molecule has 0 aliphatic carbocycles. The van der Waals surface area contributed by atoms with Gasteiger partial charge in [-0.2, -0.15) is 0 Å². The Balaban J connectivity index is 3.30. The molecule has 0 aliphatic heterocycles. The summed E-state index contributed by atoms with van der Waals surface area (Å²) in [5, 5.41) is 18.1. The van der Waals surface area contributed by atoms with Crippen LogP contribution in [0, 0.1) is 6.92 Å². The first-order chi connectivity index (χ1) is 6.97. The first kappa shape index (κ1) is 11.2. The summed E-state index contributed by atoms with van der Waals surface area (Å²) in [5.74, 6) is -2.33. The zero-order chi connectivity index (χ0) is 11.6.